The summed E-state index contributed by atoms with van der Waals surface area (Å²) in [6, 6.07) is 0. The molecule has 6 heteroatoms. The molecule has 0 saturated heterocycles. The highest BCUT2D eigenvalue weighted by Crippen LogP contribution is 2.16. The lowest BCUT2D eigenvalue weighted by molar-refractivity contribution is -0.167. The van der Waals surface area contributed by atoms with Crippen LogP contribution in [0.4, 0.5) is 0 Å². The number of hydrogen-bond donors (Lipinski definition) is 0. The summed E-state index contributed by atoms with van der Waals surface area (Å²) in [5.41, 5.74) is 0. The first kappa shape index (κ1) is 59.6. The minimum absolute atomic E-state index is 0.0799. The third kappa shape index (κ3) is 48.7. The molecule has 0 aliphatic heterocycles. The van der Waals surface area contributed by atoms with E-state index in [4.69, 9.17) is 14.2 Å². The van der Waals surface area contributed by atoms with Crippen molar-refractivity contribution < 1.29 is 28.6 Å². The number of hydrogen-bond acceptors (Lipinski definition) is 6. The molecule has 0 aromatic rings. The Morgan fingerprint density at radius 2 is 0.597 bits per heavy atom. The van der Waals surface area contributed by atoms with Crippen LogP contribution in [-0.2, 0) is 28.6 Å². The highest BCUT2D eigenvalue weighted by Gasteiger charge is 2.19. The Hall–Kier alpha value is -2.37. The molecule has 0 bridgehead atoms. The first-order valence-corrected chi connectivity index (χ1v) is 27.0. The van der Waals surface area contributed by atoms with Gasteiger partial charge < -0.3 is 14.2 Å². The molecule has 1 atom stereocenters. The van der Waals surface area contributed by atoms with Gasteiger partial charge in [0.2, 0.25) is 0 Å². The predicted octanol–water partition coefficient (Wildman–Crippen LogP) is 17.7. The third-order valence-corrected chi connectivity index (χ3v) is 11.9. The molecule has 6 nitrogen and oxygen atoms in total. The zero-order valence-electron chi connectivity index (χ0n) is 41.4. The van der Waals surface area contributed by atoms with Crippen molar-refractivity contribution in [1.29, 1.82) is 0 Å². The summed E-state index contributed by atoms with van der Waals surface area (Å²) in [5, 5.41) is 0. The lowest BCUT2D eigenvalue weighted by atomic mass is 10.0. The molecule has 0 aliphatic carbocycles. The van der Waals surface area contributed by atoms with E-state index >= 15 is 0 Å². The summed E-state index contributed by atoms with van der Waals surface area (Å²) in [7, 11) is 0. The van der Waals surface area contributed by atoms with Crippen LogP contribution in [0.2, 0.25) is 0 Å². The Labute approximate surface area is 385 Å². The van der Waals surface area contributed by atoms with Gasteiger partial charge in [-0.2, -0.15) is 0 Å². The molecule has 0 radical (unpaired) electrons. The molecule has 0 rings (SSSR count). The van der Waals surface area contributed by atoms with E-state index in [1.54, 1.807) is 0 Å². The van der Waals surface area contributed by atoms with E-state index < -0.39 is 6.10 Å². The largest absolute Gasteiger partial charge is 0.462 e. The lowest BCUT2D eigenvalue weighted by Crippen LogP contribution is -2.30. The predicted molar refractivity (Wildman–Crippen MR) is 266 cm³/mol. The van der Waals surface area contributed by atoms with Crippen LogP contribution in [0.3, 0.4) is 0 Å². The molecule has 0 heterocycles. The maximum Gasteiger partial charge on any atom is 0.306 e. The summed E-state index contributed by atoms with van der Waals surface area (Å²) >= 11 is 0. The molecular formula is C56H102O6. The van der Waals surface area contributed by atoms with Crippen molar-refractivity contribution in [2.75, 3.05) is 13.2 Å². The van der Waals surface area contributed by atoms with Gasteiger partial charge in [0.1, 0.15) is 13.2 Å². The van der Waals surface area contributed by atoms with Crippen molar-refractivity contribution in [3.8, 4) is 0 Å². The van der Waals surface area contributed by atoms with Crippen molar-refractivity contribution in [3.05, 3.63) is 36.5 Å². The van der Waals surface area contributed by atoms with Crippen molar-refractivity contribution in [1.82, 2.24) is 0 Å². The van der Waals surface area contributed by atoms with Crippen LogP contribution in [0.5, 0.6) is 0 Å². The summed E-state index contributed by atoms with van der Waals surface area (Å²) in [4.78, 5) is 38.0. The van der Waals surface area contributed by atoms with E-state index in [1.165, 1.54) is 173 Å². The lowest BCUT2D eigenvalue weighted by Gasteiger charge is -2.18. The van der Waals surface area contributed by atoms with Gasteiger partial charge in [-0.15, -0.1) is 0 Å². The molecule has 0 fully saturated rings. The molecule has 0 aromatic heterocycles. The molecular weight excluding hydrogens is 769 g/mol. The highest BCUT2D eigenvalue weighted by molar-refractivity contribution is 5.71. The number of esters is 3. The third-order valence-electron chi connectivity index (χ3n) is 11.9. The van der Waals surface area contributed by atoms with Gasteiger partial charge in [-0.1, -0.05) is 237 Å². The van der Waals surface area contributed by atoms with Crippen LogP contribution >= 0.6 is 0 Å². The maximum atomic E-state index is 12.8. The van der Waals surface area contributed by atoms with E-state index in [1.807, 2.05) is 0 Å². The molecule has 0 aromatic carbocycles. The van der Waals surface area contributed by atoms with Crippen LogP contribution in [0.15, 0.2) is 36.5 Å². The fourth-order valence-electron chi connectivity index (χ4n) is 7.77. The van der Waals surface area contributed by atoms with Crippen molar-refractivity contribution in [2.24, 2.45) is 0 Å². The molecule has 62 heavy (non-hydrogen) atoms. The van der Waals surface area contributed by atoms with Crippen molar-refractivity contribution >= 4 is 17.9 Å². The summed E-state index contributed by atoms with van der Waals surface area (Å²) in [6.45, 7) is 6.58. The zero-order chi connectivity index (χ0) is 45.1. The number of rotatable bonds is 49. The Kier molecular flexibility index (Phi) is 49.3. The second kappa shape index (κ2) is 51.3. The highest BCUT2D eigenvalue weighted by atomic mass is 16.6. The Morgan fingerprint density at radius 1 is 0.323 bits per heavy atom. The monoisotopic (exact) mass is 871 g/mol. The maximum absolute atomic E-state index is 12.8. The van der Waals surface area contributed by atoms with E-state index in [9.17, 15) is 14.4 Å². The number of carbonyl (C=O) groups is 3. The number of carbonyl (C=O) groups excluding carboxylic acids is 3. The van der Waals surface area contributed by atoms with Crippen LogP contribution in [0.1, 0.15) is 284 Å². The van der Waals surface area contributed by atoms with Gasteiger partial charge in [-0.05, 0) is 64.2 Å². The smallest absolute Gasteiger partial charge is 0.306 e. The van der Waals surface area contributed by atoms with Crippen LogP contribution < -0.4 is 0 Å². The fraction of sp³-hybridized carbons (Fsp3) is 0.839. The summed E-state index contributed by atoms with van der Waals surface area (Å²) in [5.74, 6) is -0.900. The second-order valence-electron chi connectivity index (χ2n) is 18.2. The Morgan fingerprint density at radius 3 is 0.968 bits per heavy atom. The number of ether oxygens (including phenoxy) is 3. The normalized spacial score (nSPS) is 12.2. The average molecular weight is 871 g/mol. The quantitative estimate of drug-likeness (QED) is 0.0199. The van der Waals surface area contributed by atoms with E-state index in [0.29, 0.717) is 19.3 Å². The minimum atomic E-state index is -0.780. The second-order valence-corrected chi connectivity index (χ2v) is 18.2. The van der Waals surface area contributed by atoms with Gasteiger partial charge in [0, 0.05) is 19.3 Å². The van der Waals surface area contributed by atoms with Crippen LogP contribution in [0, 0.1) is 0 Å². The van der Waals surface area contributed by atoms with Crippen LogP contribution in [-0.4, -0.2) is 37.2 Å². The fourth-order valence-corrected chi connectivity index (χ4v) is 7.77. The van der Waals surface area contributed by atoms with E-state index in [0.717, 1.165) is 70.6 Å². The molecule has 0 aliphatic rings. The average Bonchev–Trinajstić information content (AvgIpc) is 3.27. The molecule has 0 saturated carbocycles. The summed E-state index contributed by atoms with van der Waals surface area (Å²) < 4.78 is 16.8. The van der Waals surface area contributed by atoms with Gasteiger partial charge in [0.25, 0.3) is 0 Å². The first-order valence-electron chi connectivity index (χ1n) is 27.0. The van der Waals surface area contributed by atoms with Gasteiger partial charge in [0.15, 0.2) is 6.10 Å². The van der Waals surface area contributed by atoms with Gasteiger partial charge in [0.05, 0.1) is 0 Å². The first-order chi connectivity index (χ1) is 30.5. The van der Waals surface area contributed by atoms with Gasteiger partial charge >= 0.3 is 17.9 Å². The minimum Gasteiger partial charge on any atom is -0.462 e. The number of allylic oxidation sites excluding steroid dienone is 6. The van der Waals surface area contributed by atoms with E-state index in [2.05, 4.69) is 57.2 Å². The Bertz CT molecular complexity index is 1050. The molecule has 0 spiro atoms. The van der Waals surface area contributed by atoms with Gasteiger partial charge in [-0.3, -0.25) is 14.4 Å². The summed E-state index contributed by atoms with van der Waals surface area (Å²) in [6.07, 6.45) is 59.9. The topological polar surface area (TPSA) is 78.9 Å². The zero-order valence-corrected chi connectivity index (χ0v) is 41.4. The Balaban J connectivity index is 4.34. The van der Waals surface area contributed by atoms with Gasteiger partial charge in [-0.25, -0.2) is 0 Å². The molecule has 362 valence electrons. The molecule has 1 unspecified atom stereocenters. The number of unbranched alkanes of at least 4 members (excludes halogenated alkanes) is 33. The van der Waals surface area contributed by atoms with Crippen molar-refractivity contribution in [2.45, 2.75) is 290 Å². The van der Waals surface area contributed by atoms with Crippen molar-refractivity contribution in [3.63, 3.8) is 0 Å². The van der Waals surface area contributed by atoms with E-state index in [-0.39, 0.29) is 31.1 Å². The SMILES string of the molecule is CCCC/C=C\C=C/CCCCCC(=O)OCC(COC(=O)CCCCCCCCC/C=C\CCCCCCCC)OC(=O)CCCCCCCCCCCCCCCCCC. The standard InChI is InChI=1S/C56H102O6/c1-4-7-10-13-16-19-22-24-26-28-30-31-34-37-40-43-46-49-55(58)61-52-53(51-60-54(57)48-45-42-39-36-33-21-18-15-12-9-6-3)62-56(59)50-47-44-41-38-35-32-29-27-25-23-20-17-14-11-8-5-2/h15,18,21,24,26,33,53H,4-14,16-17,19-20,22-23,25,27-32,34-52H2,1-3H3/b18-15-,26-24-,33-21-. The van der Waals surface area contributed by atoms with Crippen LogP contribution in [0.25, 0.3) is 0 Å². The molecule has 0 amide bonds. The molecule has 0 N–H and O–H groups in total.